The van der Waals surface area contributed by atoms with Gasteiger partial charge in [0.1, 0.15) is 10.6 Å². The first kappa shape index (κ1) is 18.2. The van der Waals surface area contributed by atoms with Gasteiger partial charge < -0.3 is 5.32 Å². The molecule has 2 aromatic rings. The van der Waals surface area contributed by atoms with Gasteiger partial charge in [-0.05, 0) is 30.7 Å². The van der Waals surface area contributed by atoms with Crippen LogP contribution in [-0.4, -0.2) is 13.4 Å². The SMILES string of the molecule is Cc1ccc(S(N)(=O)=O)c(NCc2cccc(C(C)(F)F)n2)c1F. The van der Waals surface area contributed by atoms with Crippen LogP contribution in [0.2, 0.25) is 0 Å². The predicted octanol–water partition coefficient (Wildman–Crippen LogP) is 2.90. The van der Waals surface area contributed by atoms with Crippen molar-refractivity contribution >= 4 is 15.7 Å². The molecule has 5 nitrogen and oxygen atoms in total. The lowest BCUT2D eigenvalue weighted by atomic mass is 10.2. The Morgan fingerprint density at radius 2 is 1.92 bits per heavy atom. The fourth-order valence-electron chi connectivity index (χ4n) is 2.07. The van der Waals surface area contributed by atoms with E-state index in [-0.39, 0.29) is 23.5 Å². The second-order valence-corrected chi connectivity index (χ2v) is 6.90. The molecule has 0 aliphatic carbocycles. The number of nitrogens with one attached hydrogen (secondary N) is 1. The number of pyridine rings is 1. The van der Waals surface area contributed by atoms with Crippen LogP contribution in [0.3, 0.4) is 0 Å². The number of alkyl halides is 2. The van der Waals surface area contributed by atoms with Crippen molar-refractivity contribution in [3.8, 4) is 0 Å². The van der Waals surface area contributed by atoms with Crippen molar-refractivity contribution in [3.63, 3.8) is 0 Å². The van der Waals surface area contributed by atoms with Gasteiger partial charge in [-0.25, -0.2) is 22.9 Å². The smallest absolute Gasteiger partial charge is 0.286 e. The molecule has 1 heterocycles. The van der Waals surface area contributed by atoms with Crippen molar-refractivity contribution in [1.82, 2.24) is 4.98 Å². The van der Waals surface area contributed by atoms with E-state index in [0.717, 1.165) is 0 Å². The van der Waals surface area contributed by atoms with Crippen LogP contribution in [0.15, 0.2) is 35.2 Å². The summed E-state index contributed by atoms with van der Waals surface area (Å²) in [6.07, 6.45) is 0. The molecule has 2 rings (SSSR count). The van der Waals surface area contributed by atoms with Gasteiger partial charge in [0, 0.05) is 6.92 Å². The number of aromatic nitrogens is 1. The third kappa shape index (κ3) is 4.04. The molecule has 0 spiro atoms. The molecule has 0 aliphatic rings. The van der Waals surface area contributed by atoms with E-state index in [2.05, 4.69) is 10.3 Å². The molecule has 0 radical (unpaired) electrons. The Morgan fingerprint density at radius 1 is 1.25 bits per heavy atom. The van der Waals surface area contributed by atoms with Crippen LogP contribution in [0.5, 0.6) is 0 Å². The van der Waals surface area contributed by atoms with Gasteiger partial charge in [0.2, 0.25) is 10.0 Å². The van der Waals surface area contributed by atoms with E-state index >= 15 is 0 Å². The van der Waals surface area contributed by atoms with Gasteiger partial charge in [0.25, 0.3) is 5.92 Å². The summed E-state index contributed by atoms with van der Waals surface area (Å²) in [5, 5.41) is 7.66. The molecule has 0 unspecified atom stereocenters. The number of primary sulfonamides is 1. The van der Waals surface area contributed by atoms with Crippen LogP contribution < -0.4 is 10.5 Å². The van der Waals surface area contributed by atoms with Crippen molar-refractivity contribution in [1.29, 1.82) is 0 Å². The molecule has 1 aromatic carbocycles. The van der Waals surface area contributed by atoms with Crippen LogP contribution >= 0.6 is 0 Å². The first-order valence-corrected chi connectivity index (χ1v) is 8.45. The number of halogens is 3. The Labute approximate surface area is 137 Å². The maximum atomic E-state index is 14.2. The quantitative estimate of drug-likeness (QED) is 0.860. The largest absolute Gasteiger partial charge is 0.376 e. The zero-order valence-corrected chi connectivity index (χ0v) is 13.8. The highest BCUT2D eigenvalue weighted by molar-refractivity contribution is 7.89. The Kier molecular flexibility index (Phi) is 4.86. The number of rotatable bonds is 5. The molecule has 9 heteroatoms. The van der Waals surface area contributed by atoms with Crippen molar-refractivity contribution < 1.29 is 21.6 Å². The fourth-order valence-corrected chi connectivity index (χ4v) is 2.77. The Bertz CT molecular complexity index is 865. The normalized spacial score (nSPS) is 12.2. The van der Waals surface area contributed by atoms with Gasteiger partial charge >= 0.3 is 0 Å². The lowest BCUT2D eigenvalue weighted by Gasteiger charge is -2.14. The second-order valence-electron chi connectivity index (χ2n) is 5.37. The minimum Gasteiger partial charge on any atom is -0.376 e. The van der Waals surface area contributed by atoms with Gasteiger partial charge in [0.15, 0.2) is 5.82 Å². The molecule has 0 fully saturated rings. The number of anilines is 1. The van der Waals surface area contributed by atoms with Gasteiger partial charge in [-0.2, -0.15) is 8.78 Å². The topological polar surface area (TPSA) is 85.1 Å². The number of hydrogen-bond donors (Lipinski definition) is 2. The van der Waals surface area contributed by atoms with Crippen molar-refractivity contribution in [2.75, 3.05) is 5.32 Å². The molecule has 3 N–H and O–H groups in total. The highest BCUT2D eigenvalue weighted by Crippen LogP contribution is 2.28. The summed E-state index contributed by atoms with van der Waals surface area (Å²) in [5.41, 5.74) is -0.326. The van der Waals surface area contributed by atoms with Gasteiger partial charge in [-0.1, -0.05) is 12.1 Å². The molecule has 0 saturated heterocycles. The van der Waals surface area contributed by atoms with Crippen LogP contribution in [0.25, 0.3) is 0 Å². The lowest BCUT2D eigenvalue weighted by molar-refractivity contribution is 0.0126. The Balaban J connectivity index is 2.35. The van der Waals surface area contributed by atoms with E-state index < -0.39 is 32.4 Å². The van der Waals surface area contributed by atoms with Crippen LogP contribution in [0, 0.1) is 12.7 Å². The summed E-state index contributed by atoms with van der Waals surface area (Å²) in [4.78, 5) is 3.37. The van der Waals surface area contributed by atoms with E-state index in [1.54, 1.807) is 0 Å². The fraction of sp³-hybridized carbons (Fsp3) is 0.267. The molecule has 1 aromatic heterocycles. The number of sulfonamides is 1. The Morgan fingerprint density at radius 3 is 2.50 bits per heavy atom. The van der Waals surface area contributed by atoms with Crippen LogP contribution in [-0.2, 0) is 22.5 Å². The van der Waals surface area contributed by atoms with Crippen LogP contribution in [0.1, 0.15) is 23.9 Å². The molecular weight excluding hydrogens is 343 g/mol. The average molecular weight is 359 g/mol. The van der Waals surface area contributed by atoms with Gasteiger partial charge in [-0.3, -0.25) is 0 Å². The summed E-state index contributed by atoms with van der Waals surface area (Å²) in [6, 6.07) is 6.50. The number of nitrogens with zero attached hydrogens (tertiary/aromatic N) is 1. The number of hydrogen-bond acceptors (Lipinski definition) is 4. The molecular formula is C15H16F3N3O2S. The lowest BCUT2D eigenvalue weighted by Crippen LogP contribution is -2.17. The zero-order chi connectivity index (χ0) is 18.1. The monoisotopic (exact) mass is 359 g/mol. The van der Waals surface area contributed by atoms with E-state index in [4.69, 9.17) is 5.14 Å². The maximum Gasteiger partial charge on any atom is 0.286 e. The average Bonchev–Trinajstić information content (AvgIpc) is 2.47. The number of benzene rings is 1. The molecule has 0 atom stereocenters. The first-order chi connectivity index (χ1) is 11.0. The standard InChI is InChI=1S/C15H16F3N3O2S/c1-9-6-7-11(24(19,22)23)14(13(9)16)20-8-10-4-3-5-12(21-10)15(2,17)18/h3-7,20H,8H2,1-2H3,(H2,19,22,23). The van der Waals surface area contributed by atoms with E-state index in [9.17, 15) is 21.6 Å². The van der Waals surface area contributed by atoms with Crippen LogP contribution in [0.4, 0.5) is 18.9 Å². The maximum absolute atomic E-state index is 14.2. The third-order valence-corrected chi connectivity index (χ3v) is 4.26. The van der Waals surface area contributed by atoms with E-state index in [0.29, 0.717) is 6.92 Å². The molecule has 0 saturated carbocycles. The van der Waals surface area contributed by atoms with E-state index in [1.807, 2.05) is 0 Å². The number of nitrogens with two attached hydrogens (primary N) is 1. The van der Waals surface area contributed by atoms with Crippen molar-refractivity contribution in [3.05, 3.63) is 53.1 Å². The van der Waals surface area contributed by atoms with Crippen molar-refractivity contribution in [2.45, 2.75) is 31.2 Å². The molecule has 24 heavy (non-hydrogen) atoms. The highest BCUT2D eigenvalue weighted by atomic mass is 32.2. The number of aryl methyl sites for hydroxylation is 1. The predicted molar refractivity (Wildman–Crippen MR) is 83.6 cm³/mol. The molecule has 0 aliphatic heterocycles. The summed E-state index contributed by atoms with van der Waals surface area (Å²) < 4.78 is 64.0. The zero-order valence-electron chi connectivity index (χ0n) is 13.0. The Hall–Kier alpha value is -2.13. The van der Waals surface area contributed by atoms with E-state index in [1.165, 1.54) is 37.3 Å². The van der Waals surface area contributed by atoms with Gasteiger partial charge in [0.05, 0.1) is 17.9 Å². The summed E-state index contributed by atoms with van der Waals surface area (Å²) in [5.74, 6) is -3.89. The summed E-state index contributed by atoms with van der Waals surface area (Å²) >= 11 is 0. The third-order valence-electron chi connectivity index (χ3n) is 3.31. The minimum atomic E-state index is -4.15. The summed E-state index contributed by atoms with van der Waals surface area (Å²) in [6.45, 7) is 2.03. The molecule has 0 amide bonds. The first-order valence-electron chi connectivity index (χ1n) is 6.90. The molecule has 0 bridgehead atoms. The summed E-state index contributed by atoms with van der Waals surface area (Å²) in [7, 11) is -4.15. The minimum absolute atomic E-state index is 0.146. The van der Waals surface area contributed by atoms with Gasteiger partial charge in [-0.15, -0.1) is 0 Å². The highest BCUT2D eigenvalue weighted by Gasteiger charge is 2.26. The van der Waals surface area contributed by atoms with Crippen molar-refractivity contribution in [2.24, 2.45) is 5.14 Å². The second kappa shape index (κ2) is 6.40. The molecule has 130 valence electrons.